The van der Waals surface area contributed by atoms with Gasteiger partial charge in [-0.25, -0.2) is 0 Å². The summed E-state index contributed by atoms with van der Waals surface area (Å²) < 4.78 is 102. The molecule has 0 atom stereocenters. The van der Waals surface area contributed by atoms with Crippen LogP contribution < -0.4 is 0 Å². The third kappa shape index (κ3) is 2500. The van der Waals surface area contributed by atoms with Crippen LogP contribution in [0.3, 0.4) is 0 Å². The van der Waals surface area contributed by atoms with Crippen molar-refractivity contribution in [2.24, 2.45) is 0 Å². The molecule has 0 aliphatic rings. The molecule has 0 saturated heterocycles. The Hall–Kier alpha value is 1.36. The normalized spacial score (nSPS) is 9.67. The van der Waals surface area contributed by atoms with Crippen molar-refractivity contribution in [3.8, 4) is 0 Å². The average Bonchev–Trinajstić information content (AvgIpc) is 1.41. The van der Waals surface area contributed by atoms with Crippen molar-refractivity contribution in [1.82, 2.24) is 0 Å². The molecule has 0 fully saturated rings. The predicted octanol–water partition coefficient (Wildman–Crippen LogP) is -4.02. The maximum Gasteiger partial charge on any atom is 3.00 e. The maximum absolute atomic E-state index is 8.52. The minimum atomic E-state index is -5.17. The molecule has 0 bridgehead atoms. The van der Waals surface area contributed by atoms with Gasteiger partial charge >= 0.3 is 34.1 Å². The van der Waals surface area contributed by atoms with Crippen LogP contribution in [0.4, 0.5) is 0 Å². The molecule has 0 rings (SSSR count). The summed E-state index contributed by atoms with van der Waals surface area (Å²) in [4.78, 5) is 0. The molecule has 0 N–H and O–H groups in total. The molecule has 0 aromatic rings. The van der Waals surface area contributed by atoms with Crippen molar-refractivity contribution < 1.29 is 108 Å². The zero-order valence-corrected chi connectivity index (χ0v) is 13.6. The molecule has 0 spiro atoms. The molecular formula is Fe2O12S3Ti. The molecule has 2 radical (unpaired) electrons. The summed E-state index contributed by atoms with van der Waals surface area (Å²) in [5, 5.41) is 0. The molecule has 110 valence electrons. The van der Waals surface area contributed by atoms with E-state index in [-0.39, 0.29) is 55.9 Å². The number of hydrogen-bond donors (Lipinski definition) is 0. The van der Waals surface area contributed by atoms with E-state index < -0.39 is 31.2 Å². The van der Waals surface area contributed by atoms with E-state index in [9.17, 15) is 0 Å². The van der Waals surface area contributed by atoms with E-state index in [1.807, 2.05) is 0 Å². The van der Waals surface area contributed by atoms with Gasteiger partial charge in [-0.2, -0.15) is 0 Å². The third-order valence-electron chi connectivity index (χ3n) is 0. The quantitative estimate of drug-likeness (QED) is 0.196. The van der Waals surface area contributed by atoms with Gasteiger partial charge in [-0.05, 0) is 0 Å². The summed E-state index contributed by atoms with van der Waals surface area (Å²) in [6.45, 7) is 0. The Labute approximate surface area is 138 Å². The van der Waals surface area contributed by atoms with E-state index in [0.717, 1.165) is 0 Å². The van der Waals surface area contributed by atoms with Crippen LogP contribution in [0.25, 0.3) is 0 Å². The largest absolute Gasteiger partial charge is 3.00 e. The van der Waals surface area contributed by atoms with E-state index in [4.69, 9.17) is 52.6 Å². The molecule has 0 saturated carbocycles. The smallest absolute Gasteiger partial charge is 0.759 e. The van der Waals surface area contributed by atoms with Gasteiger partial charge in [0.05, 0.1) is 0 Å². The SMILES string of the molecule is O=S(=O)([O-])[O-].O=S(=O)([O-])[O-].O=S(=O)([O-])[O-].[Fe+3].[Fe+3].[Ti]. The molecular weight excluding hydrogens is 448 g/mol. The van der Waals surface area contributed by atoms with Gasteiger partial charge in [0.1, 0.15) is 0 Å². The summed E-state index contributed by atoms with van der Waals surface area (Å²) in [5.74, 6) is 0. The first-order valence-corrected chi connectivity index (χ1v) is 6.00. The van der Waals surface area contributed by atoms with Gasteiger partial charge < -0.3 is 27.3 Å². The molecule has 0 aromatic carbocycles. The number of rotatable bonds is 0. The summed E-state index contributed by atoms with van der Waals surface area (Å²) >= 11 is 0. The first-order valence-electron chi connectivity index (χ1n) is 2.00. The van der Waals surface area contributed by atoms with Crippen LogP contribution in [0.2, 0.25) is 0 Å². The van der Waals surface area contributed by atoms with Crippen LogP contribution >= 0.6 is 0 Å². The fourth-order valence-electron chi connectivity index (χ4n) is 0. The van der Waals surface area contributed by atoms with Gasteiger partial charge in [0.2, 0.25) is 0 Å². The summed E-state index contributed by atoms with van der Waals surface area (Å²) in [5.41, 5.74) is 0. The van der Waals surface area contributed by atoms with Crippen molar-refractivity contribution in [3.05, 3.63) is 0 Å². The Morgan fingerprint density at radius 3 is 0.444 bits per heavy atom. The van der Waals surface area contributed by atoms with Gasteiger partial charge in [0, 0.05) is 52.9 Å². The van der Waals surface area contributed by atoms with Crippen LogP contribution in [0.1, 0.15) is 0 Å². The Kier molecular flexibility index (Phi) is 30.0. The Bertz CT molecular complexity index is 346. The van der Waals surface area contributed by atoms with Crippen LogP contribution in [-0.2, 0) is 87.1 Å². The fourth-order valence-corrected chi connectivity index (χ4v) is 0. The molecule has 0 heterocycles. The van der Waals surface area contributed by atoms with E-state index >= 15 is 0 Å². The zero-order valence-electron chi connectivity index (χ0n) is 7.33. The first-order chi connectivity index (χ1) is 6.00. The molecule has 0 aliphatic heterocycles. The van der Waals surface area contributed by atoms with E-state index in [1.165, 1.54) is 0 Å². The van der Waals surface area contributed by atoms with Crippen molar-refractivity contribution in [3.63, 3.8) is 0 Å². The Morgan fingerprint density at radius 1 is 0.444 bits per heavy atom. The molecule has 18 heteroatoms. The minimum Gasteiger partial charge on any atom is -0.759 e. The van der Waals surface area contributed by atoms with E-state index in [0.29, 0.717) is 0 Å². The van der Waals surface area contributed by atoms with Crippen LogP contribution in [0.15, 0.2) is 0 Å². The van der Waals surface area contributed by atoms with Crippen molar-refractivity contribution in [2.75, 3.05) is 0 Å². The Balaban J connectivity index is -0.0000000277. The monoisotopic (exact) mass is 448 g/mol. The number of hydrogen-bond acceptors (Lipinski definition) is 12. The summed E-state index contributed by atoms with van der Waals surface area (Å²) in [7, 11) is -15.5. The zero-order chi connectivity index (χ0) is 13.5. The molecule has 18 heavy (non-hydrogen) atoms. The summed E-state index contributed by atoms with van der Waals surface area (Å²) in [6.07, 6.45) is 0. The van der Waals surface area contributed by atoms with Crippen LogP contribution in [0, 0.1) is 0 Å². The molecule has 0 unspecified atom stereocenters. The maximum atomic E-state index is 8.52. The Morgan fingerprint density at radius 2 is 0.444 bits per heavy atom. The predicted molar refractivity (Wildman–Crippen MR) is 31.4 cm³/mol. The van der Waals surface area contributed by atoms with Crippen LogP contribution in [0.5, 0.6) is 0 Å². The van der Waals surface area contributed by atoms with Gasteiger partial charge in [0.15, 0.2) is 0 Å². The second-order valence-electron chi connectivity index (χ2n) is 1.22. The summed E-state index contributed by atoms with van der Waals surface area (Å²) in [6, 6.07) is 0. The van der Waals surface area contributed by atoms with Crippen molar-refractivity contribution in [2.45, 2.75) is 0 Å². The fraction of sp³-hybridized carbons (Fsp3) is 0. The topological polar surface area (TPSA) is 241 Å². The second-order valence-corrected chi connectivity index (χ2v) is 3.67. The standard InChI is InChI=1S/2Fe.3H2O4S.Ti/c;;3*1-5(2,3)4;/h;;3*(H2,1,2,3,4);/q2*+3;;;;/p-6. The van der Waals surface area contributed by atoms with Gasteiger partial charge in [-0.3, -0.25) is 25.3 Å². The minimum absolute atomic E-state index is 0. The molecule has 0 amide bonds. The molecule has 12 nitrogen and oxygen atoms in total. The average molecular weight is 448 g/mol. The molecule has 0 aliphatic carbocycles. The van der Waals surface area contributed by atoms with Gasteiger partial charge in [-0.1, -0.05) is 0 Å². The van der Waals surface area contributed by atoms with E-state index in [1.54, 1.807) is 0 Å². The van der Waals surface area contributed by atoms with E-state index in [2.05, 4.69) is 0 Å². The van der Waals surface area contributed by atoms with Gasteiger partial charge in [-0.15, -0.1) is 0 Å². The van der Waals surface area contributed by atoms with Crippen molar-refractivity contribution in [1.29, 1.82) is 0 Å². The van der Waals surface area contributed by atoms with Gasteiger partial charge in [0.25, 0.3) is 0 Å². The second kappa shape index (κ2) is 14.8. The molecule has 0 aromatic heterocycles. The third-order valence-corrected chi connectivity index (χ3v) is 0. The van der Waals surface area contributed by atoms with Crippen LogP contribution in [-0.4, -0.2) is 52.6 Å². The van der Waals surface area contributed by atoms with Crippen molar-refractivity contribution >= 4 is 31.2 Å². The first kappa shape index (κ1) is 36.6.